The first-order chi connectivity index (χ1) is 9.72. The summed E-state index contributed by atoms with van der Waals surface area (Å²) in [6, 6.07) is 9.68. The average Bonchev–Trinajstić information content (AvgIpc) is 2.48. The first-order valence-electron chi connectivity index (χ1n) is 5.98. The van der Waals surface area contributed by atoms with Crippen molar-refractivity contribution in [3.8, 4) is 0 Å². The SMILES string of the molecule is Clc1ncc(NCc2cnc3ccccc3n2)cc1Br. The molecule has 0 aliphatic carbocycles. The number of hydrogen-bond acceptors (Lipinski definition) is 4. The minimum Gasteiger partial charge on any atom is -0.378 e. The second-order valence-electron chi connectivity index (χ2n) is 4.20. The Bertz CT molecular complexity index is 763. The Kier molecular flexibility index (Phi) is 3.80. The van der Waals surface area contributed by atoms with Crippen LogP contribution in [0.5, 0.6) is 0 Å². The predicted octanol–water partition coefficient (Wildman–Crippen LogP) is 4.05. The molecule has 2 heterocycles. The van der Waals surface area contributed by atoms with Gasteiger partial charge in [0.15, 0.2) is 0 Å². The minimum atomic E-state index is 0.445. The maximum absolute atomic E-state index is 5.86. The van der Waals surface area contributed by atoms with Crippen molar-refractivity contribution in [2.24, 2.45) is 0 Å². The molecule has 1 aromatic carbocycles. The van der Waals surface area contributed by atoms with Crippen LogP contribution in [0.1, 0.15) is 5.69 Å². The number of pyridine rings is 1. The topological polar surface area (TPSA) is 50.7 Å². The normalized spacial score (nSPS) is 10.7. The first-order valence-corrected chi connectivity index (χ1v) is 7.15. The molecule has 0 amide bonds. The van der Waals surface area contributed by atoms with Crippen molar-refractivity contribution in [2.45, 2.75) is 6.54 Å². The Morgan fingerprint density at radius 2 is 1.90 bits per heavy atom. The minimum absolute atomic E-state index is 0.445. The molecular formula is C14H10BrClN4. The lowest BCUT2D eigenvalue weighted by molar-refractivity contribution is 1.04. The highest BCUT2D eigenvalue weighted by molar-refractivity contribution is 9.10. The smallest absolute Gasteiger partial charge is 0.143 e. The summed E-state index contributed by atoms with van der Waals surface area (Å²) in [5, 5.41) is 3.69. The maximum Gasteiger partial charge on any atom is 0.143 e. The standard InChI is InChI=1S/C14H10BrClN4/c15-11-5-9(6-19-14(11)16)17-7-10-8-18-12-3-1-2-4-13(12)20-10/h1-6,8,17H,7H2. The average molecular weight is 350 g/mol. The highest BCUT2D eigenvalue weighted by Crippen LogP contribution is 2.23. The molecule has 3 rings (SSSR count). The molecular weight excluding hydrogens is 340 g/mol. The molecule has 0 bridgehead atoms. The molecule has 100 valence electrons. The van der Waals surface area contributed by atoms with E-state index in [2.05, 4.69) is 36.2 Å². The van der Waals surface area contributed by atoms with Crippen molar-refractivity contribution >= 4 is 44.3 Å². The van der Waals surface area contributed by atoms with Crippen molar-refractivity contribution in [1.82, 2.24) is 15.0 Å². The van der Waals surface area contributed by atoms with E-state index in [1.807, 2.05) is 30.3 Å². The molecule has 0 spiro atoms. The highest BCUT2D eigenvalue weighted by atomic mass is 79.9. The number of nitrogens with one attached hydrogen (secondary N) is 1. The van der Waals surface area contributed by atoms with Gasteiger partial charge in [-0.15, -0.1) is 0 Å². The number of halogens is 2. The van der Waals surface area contributed by atoms with E-state index in [9.17, 15) is 0 Å². The maximum atomic E-state index is 5.86. The van der Waals surface area contributed by atoms with E-state index in [1.165, 1.54) is 0 Å². The van der Waals surface area contributed by atoms with Crippen molar-refractivity contribution in [3.63, 3.8) is 0 Å². The summed E-state index contributed by atoms with van der Waals surface area (Å²) >= 11 is 9.20. The van der Waals surface area contributed by atoms with E-state index >= 15 is 0 Å². The number of nitrogens with zero attached hydrogens (tertiary/aromatic N) is 3. The van der Waals surface area contributed by atoms with Gasteiger partial charge in [-0.25, -0.2) is 9.97 Å². The van der Waals surface area contributed by atoms with Gasteiger partial charge >= 0.3 is 0 Å². The second-order valence-corrected chi connectivity index (χ2v) is 5.41. The number of aromatic nitrogens is 3. The van der Waals surface area contributed by atoms with Crippen LogP contribution in [0.2, 0.25) is 5.15 Å². The van der Waals surface area contributed by atoms with E-state index < -0.39 is 0 Å². The van der Waals surface area contributed by atoms with Gasteiger partial charge in [0.1, 0.15) is 5.15 Å². The molecule has 4 nitrogen and oxygen atoms in total. The van der Waals surface area contributed by atoms with Crippen molar-refractivity contribution < 1.29 is 0 Å². The number of para-hydroxylation sites is 2. The summed E-state index contributed by atoms with van der Waals surface area (Å²) in [6.45, 7) is 0.577. The van der Waals surface area contributed by atoms with Gasteiger partial charge in [0.05, 0.1) is 45.8 Å². The van der Waals surface area contributed by atoms with Crippen molar-refractivity contribution in [2.75, 3.05) is 5.32 Å². The zero-order chi connectivity index (χ0) is 13.9. The first kappa shape index (κ1) is 13.3. The third-order valence-electron chi connectivity index (χ3n) is 2.77. The van der Waals surface area contributed by atoms with Crippen LogP contribution in [-0.4, -0.2) is 15.0 Å². The summed E-state index contributed by atoms with van der Waals surface area (Å²) in [6.07, 6.45) is 3.45. The van der Waals surface area contributed by atoms with E-state index in [0.29, 0.717) is 11.7 Å². The van der Waals surface area contributed by atoms with Crippen LogP contribution in [-0.2, 0) is 6.54 Å². The summed E-state index contributed by atoms with van der Waals surface area (Å²) in [5.41, 5.74) is 3.53. The molecule has 20 heavy (non-hydrogen) atoms. The van der Waals surface area contributed by atoms with Crippen molar-refractivity contribution in [3.05, 3.63) is 58.0 Å². The Morgan fingerprint density at radius 1 is 1.10 bits per heavy atom. The quantitative estimate of drug-likeness (QED) is 0.725. The fourth-order valence-electron chi connectivity index (χ4n) is 1.79. The molecule has 0 saturated carbocycles. The molecule has 6 heteroatoms. The fourth-order valence-corrected chi connectivity index (χ4v) is 2.24. The van der Waals surface area contributed by atoms with E-state index in [0.717, 1.165) is 26.9 Å². The zero-order valence-corrected chi connectivity index (χ0v) is 12.7. The molecule has 3 aromatic rings. The molecule has 0 saturated heterocycles. The predicted molar refractivity (Wildman–Crippen MR) is 83.8 cm³/mol. The molecule has 2 aromatic heterocycles. The Labute approximate surface area is 129 Å². The summed E-state index contributed by atoms with van der Waals surface area (Å²) < 4.78 is 0.758. The zero-order valence-electron chi connectivity index (χ0n) is 10.3. The molecule has 0 radical (unpaired) electrons. The van der Waals surface area contributed by atoms with Crippen molar-refractivity contribution in [1.29, 1.82) is 0 Å². The fraction of sp³-hybridized carbons (Fsp3) is 0.0714. The molecule has 1 N–H and O–H groups in total. The van der Waals surface area contributed by atoms with E-state index in [4.69, 9.17) is 11.6 Å². The van der Waals surface area contributed by atoms with Gasteiger partial charge in [-0.3, -0.25) is 4.98 Å². The molecule has 0 aliphatic rings. The van der Waals surface area contributed by atoms with Crippen LogP contribution in [0.15, 0.2) is 47.2 Å². The highest BCUT2D eigenvalue weighted by Gasteiger charge is 2.02. The number of fused-ring (bicyclic) bond motifs is 1. The van der Waals surface area contributed by atoms with E-state index in [1.54, 1.807) is 12.4 Å². The number of rotatable bonds is 3. The Balaban J connectivity index is 1.77. The monoisotopic (exact) mass is 348 g/mol. The lowest BCUT2D eigenvalue weighted by Gasteiger charge is -2.07. The van der Waals surface area contributed by atoms with Crippen LogP contribution in [0.4, 0.5) is 5.69 Å². The molecule has 0 fully saturated rings. The number of benzene rings is 1. The van der Waals surface area contributed by atoms with Crippen LogP contribution in [0.3, 0.4) is 0 Å². The van der Waals surface area contributed by atoms with Gasteiger partial charge in [-0.1, -0.05) is 23.7 Å². The van der Waals surface area contributed by atoms with Crippen LogP contribution >= 0.6 is 27.5 Å². The van der Waals surface area contributed by atoms with Crippen LogP contribution < -0.4 is 5.32 Å². The van der Waals surface area contributed by atoms with Crippen LogP contribution in [0, 0.1) is 0 Å². The molecule has 0 unspecified atom stereocenters. The van der Waals surface area contributed by atoms with Gasteiger partial charge in [-0.05, 0) is 34.1 Å². The molecule has 0 aliphatic heterocycles. The van der Waals surface area contributed by atoms with Gasteiger partial charge in [-0.2, -0.15) is 0 Å². The number of anilines is 1. The lowest BCUT2D eigenvalue weighted by Crippen LogP contribution is -2.03. The summed E-state index contributed by atoms with van der Waals surface area (Å²) in [4.78, 5) is 13.0. The second kappa shape index (κ2) is 5.73. The van der Waals surface area contributed by atoms with Crippen LogP contribution in [0.25, 0.3) is 11.0 Å². The Morgan fingerprint density at radius 3 is 2.70 bits per heavy atom. The van der Waals surface area contributed by atoms with Gasteiger partial charge < -0.3 is 5.32 Å². The summed E-state index contributed by atoms with van der Waals surface area (Å²) in [7, 11) is 0. The lowest BCUT2D eigenvalue weighted by atomic mass is 10.3. The largest absolute Gasteiger partial charge is 0.378 e. The third kappa shape index (κ3) is 2.89. The van der Waals surface area contributed by atoms with Gasteiger partial charge in [0.25, 0.3) is 0 Å². The third-order valence-corrected chi connectivity index (χ3v) is 3.90. The van der Waals surface area contributed by atoms with E-state index in [-0.39, 0.29) is 0 Å². The van der Waals surface area contributed by atoms with Gasteiger partial charge in [0.2, 0.25) is 0 Å². The van der Waals surface area contributed by atoms with Gasteiger partial charge in [0, 0.05) is 0 Å². The number of hydrogen-bond donors (Lipinski definition) is 1. The Hall–Kier alpha value is -1.72. The summed E-state index contributed by atoms with van der Waals surface area (Å²) in [5.74, 6) is 0. The molecule has 0 atom stereocenters.